The van der Waals surface area contributed by atoms with Gasteiger partial charge in [-0.2, -0.15) is 5.10 Å². The highest BCUT2D eigenvalue weighted by Gasteiger charge is 2.22. The number of aromatic nitrogens is 2. The summed E-state index contributed by atoms with van der Waals surface area (Å²) in [6, 6.07) is 0. The highest BCUT2D eigenvalue weighted by Crippen LogP contribution is 2.23. The third kappa shape index (κ3) is 3.27. The Bertz CT molecular complexity index is 443. The molecule has 0 aromatic carbocycles. The largest absolute Gasteiger partial charge is 0.393 e. The normalized spacial score (nSPS) is 25.9. The van der Waals surface area contributed by atoms with Crippen LogP contribution >= 0.6 is 0 Å². The van der Waals surface area contributed by atoms with Crippen LogP contribution in [0.2, 0.25) is 0 Å². The van der Waals surface area contributed by atoms with Gasteiger partial charge in [-0.25, -0.2) is 13.1 Å². The number of hydrogen-bond donors (Lipinski definition) is 3. The fourth-order valence-electron chi connectivity index (χ4n) is 2.14. The van der Waals surface area contributed by atoms with E-state index in [9.17, 15) is 13.5 Å². The van der Waals surface area contributed by atoms with Crippen LogP contribution in [0.1, 0.15) is 25.7 Å². The highest BCUT2D eigenvalue weighted by atomic mass is 32.2. The van der Waals surface area contributed by atoms with E-state index in [0.29, 0.717) is 13.0 Å². The van der Waals surface area contributed by atoms with E-state index in [1.165, 1.54) is 12.4 Å². The lowest BCUT2D eigenvalue weighted by molar-refractivity contribution is 0.102. The number of aliphatic hydroxyl groups excluding tert-OH is 1. The highest BCUT2D eigenvalue weighted by molar-refractivity contribution is 7.89. The van der Waals surface area contributed by atoms with Gasteiger partial charge in [0.25, 0.3) is 0 Å². The third-order valence-electron chi connectivity index (χ3n) is 3.10. The predicted molar refractivity (Wildman–Crippen MR) is 61.7 cm³/mol. The minimum absolute atomic E-state index is 0.147. The molecule has 0 radical (unpaired) electrons. The van der Waals surface area contributed by atoms with Crippen LogP contribution in [0.5, 0.6) is 0 Å². The molecule has 1 aromatic heterocycles. The van der Waals surface area contributed by atoms with Crippen molar-refractivity contribution in [3.63, 3.8) is 0 Å². The van der Waals surface area contributed by atoms with Gasteiger partial charge in [0.2, 0.25) is 10.0 Å². The first kappa shape index (κ1) is 12.5. The Kier molecular flexibility index (Phi) is 3.80. The molecule has 2 rings (SSSR count). The maximum Gasteiger partial charge on any atom is 0.243 e. The molecule has 1 fully saturated rings. The van der Waals surface area contributed by atoms with Crippen molar-refractivity contribution in [1.29, 1.82) is 0 Å². The van der Waals surface area contributed by atoms with Crippen LogP contribution < -0.4 is 4.72 Å². The summed E-state index contributed by atoms with van der Waals surface area (Å²) in [5.41, 5.74) is 0. The van der Waals surface area contributed by atoms with Gasteiger partial charge in [-0.1, -0.05) is 6.42 Å². The minimum atomic E-state index is -3.46. The Balaban J connectivity index is 1.89. The molecular formula is C10H17N3O3S. The number of rotatable bonds is 4. The van der Waals surface area contributed by atoms with Gasteiger partial charge in [0.05, 0.1) is 12.3 Å². The van der Waals surface area contributed by atoms with E-state index < -0.39 is 10.0 Å². The van der Waals surface area contributed by atoms with Crippen molar-refractivity contribution in [1.82, 2.24) is 14.9 Å². The molecule has 0 bridgehead atoms. The summed E-state index contributed by atoms with van der Waals surface area (Å²) in [4.78, 5) is 0.147. The van der Waals surface area contributed by atoms with Crippen molar-refractivity contribution in [2.24, 2.45) is 5.92 Å². The van der Waals surface area contributed by atoms with Gasteiger partial charge in [0.15, 0.2) is 0 Å². The molecule has 1 heterocycles. The predicted octanol–water partition coefficient (Wildman–Crippen LogP) is 0.239. The first-order valence-corrected chi connectivity index (χ1v) is 7.23. The van der Waals surface area contributed by atoms with E-state index >= 15 is 0 Å². The molecule has 1 saturated carbocycles. The lowest BCUT2D eigenvalue weighted by Crippen LogP contribution is -2.32. The summed E-state index contributed by atoms with van der Waals surface area (Å²) < 4.78 is 26.1. The fraction of sp³-hybridized carbons (Fsp3) is 0.700. The summed E-state index contributed by atoms with van der Waals surface area (Å²) >= 11 is 0. The number of aromatic amines is 1. The van der Waals surface area contributed by atoms with Gasteiger partial charge in [-0.3, -0.25) is 5.10 Å². The van der Waals surface area contributed by atoms with Crippen LogP contribution in [-0.4, -0.2) is 36.4 Å². The minimum Gasteiger partial charge on any atom is -0.393 e. The van der Waals surface area contributed by atoms with Crippen LogP contribution in [0.15, 0.2) is 17.3 Å². The molecule has 0 aliphatic heterocycles. The first-order chi connectivity index (χ1) is 8.08. The molecule has 6 nitrogen and oxygen atoms in total. The number of sulfonamides is 1. The maximum absolute atomic E-state index is 11.8. The lowest BCUT2D eigenvalue weighted by Gasteiger charge is -2.25. The standard InChI is InChI=1S/C10H17N3O3S/c14-9-3-1-2-8(4-9)5-13-17(15,16)10-6-11-12-7-10/h6-9,13-14H,1-5H2,(H,11,12). The fourth-order valence-corrected chi connectivity index (χ4v) is 3.17. The Hall–Kier alpha value is -0.920. The number of H-pyrrole nitrogens is 1. The van der Waals surface area contributed by atoms with Crippen molar-refractivity contribution in [3.8, 4) is 0 Å². The summed E-state index contributed by atoms with van der Waals surface area (Å²) in [6.07, 6.45) is 5.76. The molecule has 7 heteroatoms. The summed E-state index contributed by atoms with van der Waals surface area (Å²) in [7, 11) is -3.46. The molecule has 3 N–H and O–H groups in total. The number of hydrogen-bond acceptors (Lipinski definition) is 4. The Labute approximate surface area is 100 Å². The van der Waals surface area contributed by atoms with Crippen molar-refractivity contribution >= 4 is 10.0 Å². The van der Waals surface area contributed by atoms with Crippen molar-refractivity contribution in [2.45, 2.75) is 36.7 Å². The topological polar surface area (TPSA) is 95.1 Å². The van der Waals surface area contributed by atoms with E-state index in [1.54, 1.807) is 0 Å². The number of nitrogens with zero attached hydrogens (tertiary/aromatic N) is 1. The van der Waals surface area contributed by atoms with Crippen molar-refractivity contribution in [3.05, 3.63) is 12.4 Å². The smallest absolute Gasteiger partial charge is 0.243 e. The van der Waals surface area contributed by atoms with E-state index in [4.69, 9.17) is 0 Å². The molecule has 17 heavy (non-hydrogen) atoms. The van der Waals surface area contributed by atoms with Gasteiger partial charge < -0.3 is 5.11 Å². The van der Waals surface area contributed by atoms with Crippen molar-refractivity contribution in [2.75, 3.05) is 6.54 Å². The zero-order chi connectivity index (χ0) is 12.3. The molecule has 2 unspecified atom stereocenters. The number of nitrogens with one attached hydrogen (secondary N) is 2. The first-order valence-electron chi connectivity index (χ1n) is 5.74. The molecule has 96 valence electrons. The van der Waals surface area contributed by atoms with Crippen LogP contribution in [0.3, 0.4) is 0 Å². The van der Waals surface area contributed by atoms with E-state index in [0.717, 1.165) is 19.3 Å². The Morgan fingerprint density at radius 1 is 1.53 bits per heavy atom. The summed E-state index contributed by atoms with van der Waals surface area (Å²) in [5.74, 6) is 0.223. The maximum atomic E-state index is 11.8. The molecule has 2 atom stereocenters. The molecule has 1 aliphatic carbocycles. The van der Waals surface area contributed by atoms with E-state index in [1.807, 2.05) is 0 Å². The van der Waals surface area contributed by atoms with Gasteiger partial charge in [0, 0.05) is 12.7 Å². The molecule has 1 aliphatic rings. The van der Waals surface area contributed by atoms with Gasteiger partial charge in [-0.15, -0.1) is 0 Å². The quantitative estimate of drug-likeness (QED) is 0.721. The monoisotopic (exact) mass is 259 g/mol. The number of aliphatic hydroxyl groups is 1. The zero-order valence-electron chi connectivity index (χ0n) is 9.46. The van der Waals surface area contributed by atoms with E-state index in [2.05, 4.69) is 14.9 Å². The molecule has 0 saturated heterocycles. The van der Waals surface area contributed by atoms with E-state index in [-0.39, 0.29) is 16.9 Å². The van der Waals surface area contributed by atoms with Crippen LogP contribution in [-0.2, 0) is 10.0 Å². The average Bonchev–Trinajstić information content (AvgIpc) is 2.81. The second-order valence-corrected chi connectivity index (χ2v) is 6.24. The zero-order valence-corrected chi connectivity index (χ0v) is 10.3. The molecular weight excluding hydrogens is 242 g/mol. The lowest BCUT2D eigenvalue weighted by atomic mass is 9.87. The second kappa shape index (κ2) is 5.16. The second-order valence-electron chi connectivity index (χ2n) is 4.47. The average molecular weight is 259 g/mol. The Morgan fingerprint density at radius 3 is 3.00 bits per heavy atom. The molecule has 0 amide bonds. The molecule has 0 spiro atoms. The van der Waals surface area contributed by atoms with Crippen LogP contribution in [0.25, 0.3) is 0 Å². The summed E-state index contributed by atoms with van der Waals surface area (Å²) in [5, 5.41) is 15.6. The molecule has 1 aromatic rings. The SMILES string of the molecule is O=S(=O)(NCC1CCCC(O)C1)c1cn[nH]c1. The van der Waals surface area contributed by atoms with Gasteiger partial charge in [-0.05, 0) is 25.2 Å². The Morgan fingerprint density at radius 2 is 2.35 bits per heavy atom. The van der Waals surface area contributed by atoms with Gasteiger partial charge >= 0.3 is 0 Å². The van der Waals surface area contributed by atoms with Crippen LogP contribution in [0.4, 0.5) is 0 Å². The van der Waals surface area contributed by atoms with Crippen molar-refractivity contribution < 1.29 is 13.5 Å². The third-order valence-corrected chi connectivity index (χ3v) is 4.49. The van der Waals surface area contributed by atoms with Crippen LogP contribution in [0, 0.1) is 5.92 Å². The van der Waals surface area contributed by atoms with Gasteiger partial charge in [0.1, 0.15) is 4.90 Å². The summed E-state index contributed by atoms with van der Waals surface area (Å²) in [6.45, 7) is 0.380.